The molecule has 0 saturated carbocycles. The summed E-state index contributed by atoms with van der Waals surface area (Å²) in [6.45, 7) is 5.70. The van der Waals surface area contributed by atoms with Crippen molar-refractivity contribution in [1.82, 2.24) is 19.3 Å². The Morgan fingerprint density at radius 3 is 2.74 bits per heavy atom. The van der Waals surface area contributed by atoms with Gasteiger partial charge in [-0.05, 0) is 45.7 Å². The lowest BCUT2D eigenvalue weighted by Crippen LogP contribution is -2.46. The number of hydrogen-bond acceptors (Lipinski definition) is 7. The Labute approximate surface area is 185 Å². The van der Waals surface area contributed by atoms with Gasteiger partial charge in [0.1, 0.15) is 15.6 Å². The Hall–Kier alpha value is -2.30. The minimum atomic E-state index is -3.77. The van der Waals surface area contributed by atoms with Gasteiger partial charge in [0, 0.05) is 20.1 Å². The highest BCUT2D eigenvalue weighted by Gasteiger charge is 2.38. The number of fused-ring (bicyclic) bond motifs is 1. The van der Waals surface area contributed by atoms with Gasteiger partial charge in [0.2, 0.25) is 15.9 Å². The molecule has 2 unspecified atom stereocenters. The van der Waals surface area contributed by atoms with Gasteiger partial charge >= 0.3 is 0 Å². The smallest absolute Gasteiger partial charge is 0.248 e. The zero-order valence-electron chi connectivity index (χ0n) is 18.0. The summed E-state index contributed by atoms with van der Waals surface area (Å²) < 4.78 is 33.9. The van der Waals surface area contributed by atoms with E-state index in [1.807, 2.05) is 31.2 Å². The van der Waals surface area contributed by atoms with E-state index in [0.717, 1.165) is 15.2 Å². The number of sulfonamides is 1. The molecule has 4 rings (SSSR count). The average molecular weight is 463 g/mol. The van der Waals surface area contributed by atoms with Crippen molar-refractivity contribution < 1.29 is 17.7 Å². The summed E-state index contributed by atoms with van der Waals surface area (Å²) in [5.74, 6) is -0.191. The topological polar surface area (TPSA) is 96.6 Å². The molecule has 3 heterocycles. The molecule has 1 aliphatic heterocycles. The summed E-state index contributed by atoms with van der Waals surface area (Å²) in [6.07, 6.45) is 1.28. The van der Waals surface area contributed by atoms with Crippen molar-refractivity contribution in [3.8, 4) is 0 Å². The Balaban J connectivity index is 1.51. The van der Waals surface area contributed by atoms with E-state index in [4.69, 9.17) is 4.52 Å². The average Bonchev–Trinajstić information content (AvgIpc) is 3.35. The van der Waals surface area contributed by atoms with Crippen LogP contribution in [0.2, 0.25) is 0 Å². The lowest BCUT2D eigenvalue weighted by atomic mass is 9.97. The van der Waals surface area contributed by atoms with Crippen LogP contribution in [0.25, 0.3) is 10.2 Å². The van der Waals surface area contributed by atoms with Crippen LogP contribution in [0.15, 0.2) is 33.7 Å². The van der Waals surface area contributed by atoms with Gasteiger partial charge in [-0.25, -0.2) is 13.4 Å². The van der Waals surface area contributed by atoms with Gasteiger partial charge < -0.3 is 9.42 Å². The molecule has 3 aromatic rings. The van der Waals surface area contributed by atoms with Gasteiger partial charge in [-0.3, -0.25) is 4.79 Å². The van der Waals surface area contributed by atoms with Crippen LogP contribution in [-0.2, 0) is 14.8 Å². The molecular weight excluding hydrogens is 436 g/mol. The summed E-state index contributed by atoms with van der Waals surface area (Å²) in [4.78, 5) is 19.7. The van der Waals surface area contributed by atoms with Crippen LogP contribution in [0.5, 0.6) is 0 Å². The molecule has 2 aromatic heterocycles. The van der Waals surface area contributed by atoms with Crippen molar-refractivity contribution in [3.63, 3.8) is 0 Å². The SMILES string of the molecule is Cc1noc(C)c1S(=O)(=O)N1CCCC(C(=O)N(C)C(C)c2nc3ccccc3s2)C1. The van der Waals surface area contributed by atoms with E-state index in [1.165, 1.54) is 4.31 Å². The number of rotatable bonds is 5. The third-order valence-electron chi connectivity index (χ3n) is 5.90. The number of thiazole rings is 1. The summed E-state index contributed by atoms with van der Waals surface area (Å²) in [6, 6.07) is 7.70. The van der Waals surface area contributed by atoms with Crippen LogP contribution in [0.1, 0.15) is 42.3 Å². The molecule has 1 fully saturated rings. The minimum Gasteiger partial charge on any atom is -0.360 e. The number of hydrogen-bond donors (Lipinski definition) is 0. The third kappa shape index (κ3) is 3.99. The number of nitrogens with zero attached hydrogens (tertiary/aromatic N) is 4. The summed E-state index contributed by atoms with van der Waals surface area (Å²) in [7, 11) is -2.00. The van der Waals surface area contributed by atoms with Crippen LogP contribution in [-0.4, -0.2) is 53.8 Å². The fourth-order valence-electron chi connectivity index (χ4n) is 4.05. The first-order valence-electron chi connectivity index (χ1n) is 10.2. The van der Waals surface area contributed by atoms with Crippen molar-refractivity contribution in [1.29, 1.82) is 0 Å². The van der Waals surface area contributed by atoms with Crippen LogP contribution in [0.3, 0.4) is 0 Å². The van der Waals surface area contributed by atoms with E-state index >= 15 is 0 Å². The van der Waals surface area contributed by atoms with Gasteiger partial charge in [-0.15, -0.1) is 11.3 Å². The van der Waals surface area contributed by atoms with Crippen LogP contribution in [0.4, 0.5) is 0 Å². The molecule has 31 heavy (non-hydrogen) atoms. The highest BCUT2D eigenvalue weighted by Crippen LogP contribution is 2.32. The van der Waals surface area contributed by atoms with E-state index in [2.05, 4.69) is 10.1 Å². The molecule has 1 amide bonds. The Bertz CT molecular complexity index is 1160. The maximum atomic E-state index is 13.3. The zero-order valence-corrected chi connectivity index (χ0v) is 19.7. The zero-order chi connectivity index (χ0) is 22.3. The predicted octanol–water partition coefficient (Wildman–Crippen LogP) is 3.52. The van der Waals surface area contributed by atoms with Gasteiger partial charge in [0.15, 0.2) is 5.76 Å². The van der Waals surface area contributed by atoms with Crippen molar-refractivity contribution >= 4 is 37.5 Å². The lowest BCUT2D eigenvalue weighted by Gasteiger charge is -2.34. The molecule has 0 spiro atoms. The quantitative estimate of drug-likeness (QED) is 0.576. The molecular formula is C21H26N4O4S2. The van der Waals surface area contributed by atoms with Crippen molar-refractivity contribution in [2.24, 2.45) is 5.92 Å². The standard InChI is InChI=1S/C21H26N4O4S2/c1-13-19(15(3)29-23-13)31(27,28)25-11-7-8-16(12-25)21(26)24(4)14(2)20-22-17-9-5-6-10-18(17)30-20/h5-6,9-10,14,16H,7-8,11-12H2,1-4H3. The molecule has 0 aliphatic carbocycles. The number of aromatic nitrogens is 2. The monoisotopic (exact) mass is 462 g/mol. The van der Waals surface area contributed by atoms with Gasteiger partial charge in [0.05, 0.1) is 22.2 Å². The molecule has 1 aromatic carbocycles. The Kier molecular flexibility index (Phi) is 5.89. The largest absolute Gasteiger partial charge is 0.360 e. The molecule has 1 saturated heterocycles. The number of amides is 1. The van der Waals surface area contributed by atoms with Crippen molar-refractivity contribution in [3.05, 3.63) is 40.7 Å². The summed E-state index contributed by atoms with van der Waals surface area (Å²) >= 11 is 1.58. The number of carbonyl (C=O) groups is 1. The lowest BCUT2D eigenvalue weighted by molar-refractivity contribution is -0.137. The summed E-state index contributed by atoms with van der Waals surface area (Å²) in [5, 5.41) is 4.64. The first-order chi connectivity index (χ1) is 14.7. The maximum Gasteiger partial charge on any atom is 0.248 e. The van der Waals surface area contributed by atoms with E-state index in [9.17, 15) is 13.2 Å². The number of para-hydroxylation sites is 1. The predicted molar refractivity (Wildman–Crippen MR) is 118 cm³/mol. The fraction of sp³-hybridized carbons (Fsp3) is 0.476. The molecule has 2 atom stereocenters. The Morgan fingerprint density at radius 1 is 1.32 bits per heavy atom. The third-order valence-corrected chi connectivity index (χ3v) is 9.21. The molecule has 1 aliphatic rings. The number of aryl methyl sites for hydroxylation is 2. The molecule has 0 N–H and O–H groups in total. The van der Waals surface area contributed by atoms with E-state index < -0.39 is 15.9 Å². The second-order valence-corrected chi connectivity index (χ2v) is 10.9. The van der Waals surface area contributed by atoms with Gasteiger partial charge in [0.25, 0.3) is 0 Å². The second-order valence-electron chi connectivity index (χ2n) is 8.00. The molecule has 0 bridgehead atoms. The highest BCUT2D eigenvalue weighted by atomic mass is 32.2. The van der Waals surface area contributed by atoms with Crippen molar-refractivity contribution in [2.75, 3.05) is 20.1 Å². The van der Waals surface area contributed by atoms with E-state index in [1.54, 1.807) is 37.1 Å². The number of piperidine rings is 1. The molecule has 166 valence electrons. The second kappa shape index (κ2) is 8.33. The number of carbonyl (C=O) groups excluding carboxylic acids is 1. The maximum absolute atomic E-state index is 13.3. The van der Waals surface area contributed by atoms with E-state index in [0.29, 0.717) is 25.1 Å². The van der Waals surface area contributed by atoms with Gasteiger partial charge in [-0.2, -0.15) is 4.31 Å². The molecule has 0 radical (unpaired) electrons. The molecule has 10 heteroatoms. The normalized spacial score (nSPS) is 18.9. The fourth-order valence-corrected chi connectivity index (χ4v) is 6.93. The highest BCUT2D eigenvalue weighted by molar-refractivity contribution is 7.89. The van der Waals surface area contributed by atoms with Crippen molar-refractivity contribution in [2.45, 2.75) is 44.6 Å². The van der Waals surface area contributed by atoms with Gasteiger partial charge in [-0.1, -0.05) is 17.3 Å². The van der Waals surface area contributed by atoms with Crippen LogP contribution >= 0.6 is 11.3 Å². The van der Waals surface area contributed by atoms with Crippen LogP contribution < -0.4 is 0 Å². The first-order valence-corrected chi connectivity index (χ1v) is 12.5. The van der Waals surface area contributed by atoms with E-state index in [-0.39, 0.29) is 29.1 Å². The Morgan fingerprint density at radius 2 is 2.06 bits per heavy atom. The summed E-state index contributed by atoms with van der Waals surface area (Å²) in [5.41, 5.74) is 1.26. The molecule has 8 nitrogen and oxygen atoms in total. The number of benzene rings is 1. The first kappa shape index (κ1) is 21.9. The minimum absolute atomic E-state index is 0.0644. The van der Waals surface area contributed by atoms with Crippen LogP contribution in [0, 0.1) is 19.8 Å².